The molecule has 0 saturated heterocycles. The van der Waals surface area contributed by atoms with Gasteiger partial charge in [0.05, 0.1) is 15.8 Å². The van der Waals surface area contributed by atoms with Crippen LogP contribution in [0.5, 0.6) is 0 Å². The van der Waals surface area contributed by atoms with E-state index in [2.05, 4.69) is 9.38 Å². The maximum atomic E-state index is 12.8. The quantitative estimate of drug-likeness (QED) is 0.492. The fourth-order valence-corrected chi connectivity index (χ4v) is 3.67. The second-order valence-corrected chi connectivity index (χ2v) is 9.15. The molecular formula is C15H14F3N3OS2. The first-order valence-electron chi connectivity index (χ1n) is 7.00. The summed E-state index contributed by atoms with van der Waals surface area (Å²) in [5, 5.41) is 0. The number of hydrogen-bond acceptors (Lipinski definition) is 4. The fraction of sp³-hybridized carbons (Fsp3) is 0.333. The summed E-state index contributed by atoms with van der Waals surface area (Å²) in [5.41, 5.74) is 0.450. The zero-order valence-corrected chi connectivity index (χ0v) is 14.7. The number of benzene rings is 1. The Morgan fingerprint density at radius 3 is 2.62 bits per heavy atom. The molecule has 0 spiro atoms. The second-order valence-electron chi connectivity index (χ2n) is 6.18. The van der Waals surface area contributed by atoms with E-state index in [1.165, 1.54) is 29.9 Å². The molecule has 1 aromatic carbocycles. The summed E-state index contributed by atoms with van der Waals surface area (Å²) in [6, 6.07) is 3.61. The lowest BCUT2D eigenvalue weighted by molar-refractivity contribution is -0.137. The molecule has 2 aromatic heterocycles. The van der Waals surface area contributed by atoms with Crippen LogP contribution in [0.4, 0.5) is 13.2 Å². The van der Waals surface area contributed by atoms with E-state index in [4.69, 9.17) is 0 Å². The Balaban J connectivity index is 2.04. The molecule has 4 nitrogen and oxygen atoms in total. The van der Waals surface area contributed by atoms with Crippen molar-refractivity contribution >= 4 is 44.0 Å². The van der Waals surface area contributed by atoms with Crippen LogP contribution in [-0.2, 0) is 17.5 Å². The summed E-state index contributed by atoms with van der Waals surface area (Å²) in [6.07, 6.45) is -1.43. The van der Waals surface area contributed by atoms with Crippen molar-refractivity contribution in [1.82, 2.24) is 9.38 Å². The van der Waals surface area contributed by atoms with Crippen LogP contribution in [0.3, 0.4) is 0 Å². The average Bonchev–Trinajstić information content (AvgIpc) is 3.01. The zero-order chi connectivity index (χ0) is 17.7. The molecular weight excluding hydrogens is 359 g/mol. The monoisotopic (exact) mass is 373 g/mol. The van der Waals surface area contributed by atoms with Crippen molar-refractivity contribution < 1.29 is 17.7 Å². The van der Waals surface area contributed by atoms with E-state index in [9.17, 15) is 17.7 Å². The average molecular weight is 373 g/mol. The standard InChI is InChI=1S/C15H14F3N3OS2/c1-14(2,3)24(22)20-7-10-13-21(8-19-10)11-5-4-9(15(16,17)18)6-12(11)23-13/h4-8H,1-3H3. The van der Waals surface area contributed by atoms with E-state index in [-0.39, 0.29) is 0 Å². The first-order chi connectivity index (χ1) is 11.1. The SMILES string of the molecule is CC(C)(C)[S+]([O-])N=Cc1ncn2c1sc1cc(C(F)(F)F)ccc12. The maximum Gasteiger partial charge on any atom is 0.416 e. The number of aromatic nitrogens is 2. The zero-order valence-electron chi connectivity index (χ0n) is 13.1. The summed E-state index contributed by atoms with van der Waals surface area (Å²) < 4.78 is 56.2. The number of alkyl halides is 3. The second kappa shape index (κ2) is 5.75. The van der Waals surface area contributed by atoms with Crippen LogP contribution in [0.15, 0.2) is 28.9 Å². The summed E-state index contributed by atoms with van der Waals surface area (Å²) in [6.45, 7) is 5.42. The lowest BCUT2D eigenvalue weighted by Crippen LogP contribution is -2.25. The molecule has 0 N–H and O–H groups in total. The summed E-state index contributed by atoms with van der Waals surface area (Å²) >= 11 is -0.227. The van der Waals surface area contributed by atoms with Gasteiger partial charge in [0, 0.05) is 0 Å². The van der Waals surface area contributed by atoms with Crippen LogP contribution in [0, 0.1) is 0 Å². The summed E-state index contributed by atoms with van der Waals surface area (Å²) in [5.74, 6) is 0. The van der Waals surface area contributed by atoms with Gasteiger partial charge in [-0.15, -0.1) is 11.3 Å². The highest BCUT2D eigenvalue weighted by Crippen LogP contribution is 2.35. The largest absolute Gasteiger partial charge is 0.591 e. The van der Waals surface area contributed by atoms with Crippen LogP contribution in [0.25, 0.3) is 15.0 Å². The first kappa shape index (κ1) is 17.2. The molecule has 3 aromatic rings. The minimum atomic E-state index is -4.38. The number of halogens is 3. The Morgan fingerprint density at radius 1 is 1.29 bits per heavy atom. The summed E-state index contributed by atoms with van der Waals surface area (Å²) in [7, 11) is 0. The van der Waals surface area contributed by atoms with Gasteiger partial charge < -0.3 is 4.55 Å². The van der Waals surface area contributed by atoms with E-state index in [1.807, 2.05) is 0 Å². The molecule has 0 aliphatic carbocycles. The molecule has 0 aliphatic heterocycles. The van der Waals surface area contributed by atoms with Gasteiger partial charge >= 0.3 is 6.18 Å². The Hall–Kier alpha value is -1.58. The Morgan fingerprint density at radius 2 is 2.00 bits per heavy atom. The summed E-state index contributed by atoms with van der Waals surface area (Å²) in [4.78, 5) is 4.86. The number of nitrogens with zero attached hydrogens (tertiary/aromatic N) is 3. The first-order valence-corrected chi connectivity index (χ1v) is 8.92. The number of thiazole rings is 1. The molecule has 24 heavy (non-hydrogen) atoms. The molecule has 0 bridgehead atoms. The van der Waals surface area contributed by atoms with Crippen molar-refractivity contribution in [3.8, 4) is 0 Å². The molecule has 9 heteroatoms. The van der Waals surface area contributed by atoms with Crippen LogP contribution in [0.2, 0.25) is 0 Å². The van der Waals surface area contributed by atoms with Crippen molar-refractivity contribution in [3.63, 3.8) is 0 Å². The fourth-order valence-electron chi connectivity index (χ4n) is 2.04. The van der Waals surface area contributed by atoms with Crippen LogP contribution < -0.4 is 0 Å². The third-order valence-corrected chi connectivity index (χ3v) is 5.79. The topological polar surface area (TPSA) is 52.7 Å². The lowest BCUT2D eigenvalue weighted by Gasteiger charge is -2.17. The number of rotatable bonds is 2. The molecule has 3 rings (SSSR count). The maximum absolute atomic E-state index is 12.8. The van der Waals surface area contributed by atoms with Gasteiger partial charge in [0.25, 0.3) is 0 Å². The van der Waals surface area contributed by atoms with E-state index in [0.29, 0.717) is 20.7 Å². The Labute approximate surface area is 143 Å². The molecule has 1 unspecified atom stereocenters. The van der Waals surface area contributed by atoms with Crippen molar-refractivity contribution in [2.24, 2.45) is 4.40 Å². The predicted molar refractivity (Wildman–Crippen MR) is 91.1 cm³/mol. The van der Waals surface area contributed by atoms with Crippen molar-refractivity contribution in [3.05, 3.63) is 35.8 Å². The number of fused-ring (bicyclic) bond motifs is 3. The Kier molecular flexibility index (Phi) is 4.13. The predicted octanol–water partition coefficient (Wildman–Crippen LogP) is 4.45. The molecule has 0 radical (unpaired) electrons. The van der Waals surface area contributed by atoms with E-state index in [0.717, 1.165) is 12.1 Å². The van der Waals surface area contributed by atoms with Crippen molar-refractivity contribution in [2.75, 3.05) is 0 Å². The van der Waals surface area contributed by atoms with Crippen LogP contribution in [0.1, 0.15) is 32.0 Å². The minimum Gasteiger partial charge on any atom is -0.591 e. The van der Waals surface area contributed by atoms with Gasteiger partial charge in [-0.1, -0.05) is 4.40 Å². The lowest BCUT2D eigenvalue weighted by atomic mass is 10.2. The van der Waals surface area contributed by atoms with Gasteiger partial charge in [0.1, 0.15) is 39.2 Å². The third-order valence-electron chi connectivity index (χ3n) is 3.30. The van der Waals surface area contributed by atoms with Crippen molar-refractivity contribution in [2.45, 2.75) is 31.7 Å². The molecule has 128 valence electrons. The molecule has 0 fully saturated rings. The van der Waals surface area contributed by atoms with E-state index >= 15 is 0 Å². The molecule has 0 saturated carbocycles. The number of hydrogen-bond donors (Lipinski definition) is 0. The van der Waals surface area contributed by atoms with Crippen LogP contribution in [-0.4, -0.2) is 24.9 Å². The van der Waals surface area contributed by atoms with Gasteiger partial charge in [-0.3, -0.25) is 4.40 Å². The van der Waals surface area contributed by atoms with Gasteiger partial charge in [-0.05, 0) is 39.0 Å². The van der Waals surface area contributed by atoms with Gasteiger partial charge in [0.15, 0.2) is 0 Å². The molecule has 1 atom stereocenters. The minimum absolute atomic E-state index is 0.488. The normalized spacial score (nSPS) is 15.0. The van der Waals surface area contributed by atoms with Crippen molar-refractivity contribution in [1.29, 1.82) is 0 Å². The molecule has 2 heterocycles. The third kappa shape index (κ3) is 3.15. The van der Waals surface area contributed by atoms with Gasteiger partial charge in [-0.25, -0.2) is 4.98 Å². The molecule has 0 aliphatic rings. The molecule has 0 amide bonds. The van der Waals surface area contributed by atoms with E-state index in [1.54, 1.807) is 25.2 Å². The van der Waals surface area contributed by atoms with Gasteiger partial charge in [0.2, 0.25) is 0 Å². The van der Waals surface area contributed by atoms with Gasteiger partial charge in [-0.2, -0.15) is 13.2 Å². The highest BCUT2D eigenvalue weighted by atomic mass is 32.2. The smallest absolute Gasteiger partial charge is 0.416 e. The highest BCUT2D eigenvalue weighted by Gasteiger charge is 2.31. The van der Waals surface area contributed by atoms with Crippen LogP contribution >= 0.6 is 11.3 Å². The number of imidazole rings is 1. The Bertz CT molecular complexity index is 922. The van der Waals surface area contributed by atoms with E-state index < -0.39 is 27.8 Å². The highest BCUT2D eigenvalue weighted by molar-refractivity contribution is 7.91.